The maximum atomic E-state index is 13.3. The quantitative estimate of drug-likeness (QED) is 0.498. The number of carboxylic acids is 1. The number of carboxylic acid groups (broad SMARTS) is 1. The minimum absolute atomic E-state index is 0.0252. The molecular weight excluding hydrogens is 412 g/mol. The third-order valence-electron chi connectivity index (χ3n) is 6.09. The van der Waals surface area contributed by atoms with Crippen molar-refractivity contribution in [3.63, 3.8) is 0 Å². The number of fused-ring (bicyclic) bond motifs is 1. The Balaban J connectivity index is 1.80. The number of hydrogen-bond acceptors (Lipinski definition) is 3. The molecule has 3 N–H and O–H groups in total. The molecule has 7 heteroatoms. The number of benzene rings is 2. The summed E-state index contributed by atoms with van der Waals surface area (Å²) < 4.78 is 29.5. The number of sulfonamides is 1. The van der Waals surface area contributed by atoms with Crippen LogP contribution >= 0.6 is 0 Å². The monoisotopic (exact) mass is 440 g/mol. The van der Waals surface area contributed by atoms with E-state index >= 15 is 0 Å². The summed E-state index contributed by atoms with van der Waals surface area (Å²) in [5.41, 5.74) is 3.57. The van der Waals surface area contributed by atoms with Crippen molar-refractivity contribution < 1.29 is 18.3 Å². The Hall–Kier alpha value is -2.64. The van der Waals surface area contributed by atoms with Gasteiger partial charge in [0.05, 0.1) is 17.0 Å². The largest absolute Gasteiger partial charge is 0.481 e. The van der Waals surface area contributed by atoms with Gasteiger partial charge in [0, 0.05) is 16.9 Å². The summed E-state index contributed by atoms with van der Waals surface area (Å²) in [5.74, 6) is -0.928. The van der Waals surface area contributed by atoms with Gasteiger partial charge < -0.3 is 10.1 Å². The Bertz CT molecular complexity index is 1210. The molecule has 0 atom stereocenters. The van der Waals surface area contributed by atoms with Gasteiger partial charge in [-0.1, -0.05) is 56.5 Å². The molecule has 4 rings (SSSR count). The molecule has 0 aliphatic heterocycles. The lowest BCUT2D eigenvalue weighted by atomic mass is 9.96. The number of aryl methyl sites for hydroxylation is 1. The van der Waals surface area contributed by atoms with E-state index in [9.17, 15) is 18.3 Å². The third kappa shape index (κ3) is 4.52. The molecule has 31 heavy (non-hydrogen) atoms. The van der Waals surface area contributed by atoms with Gasteiger partial charge in [-0.05, 0) is 48.1 Å². The Morgan fingerprint density at radius 2 is 1.87 bits per heavy atom. The molecule has 3 aromatic rings. The standard InChI is InChI=1S/C24H28N2O4S/c1-2-16-12-13-17(14-22(16)31(29,30)26-18-8-4-3-5-9-18)24-20(15-23(27)28)19-10-6-7-11-21(19)25-24/h6-7,10-14,18,25-26H,2-5,8-9,15H2,1H3,(H,27,28). The summed E-state index contributed by atoms with van der Waals surface area (Å²) in [6, 6.07) is 12.9. The topological polar surface area (TPSA) is 99.3 Å². The van der Waals surface area contributed by atoms with Gasteiger partial charge in [-0.3, -0.25) is 4.79 Å². The number of aliphatic carboxylic acids is 1. The molecule has 1 aliphatic carbocycles. The molecule has 1 aromatic heterocycles. The van der Waals surface area contributed by atoms with Gasteiger partial charge in [0.1, 0.15) is 0 Å². The molecule has 1 saturated carbocycles. The molecule has 0 saturated heterocycles. The molecule has 164 valence electrons. The molecule has 0 amide bonds. The van der Waals surface area contributed by atoms with Crippen LogP contribution in [0.4, 0.5) is 0 Å². The van der Waals surface area contributed by atoms with E-state index in [0.29, 0.717) is 23.2 Å². The summed E-state index contributed by atoms with van der Waals surface area (Å²) in [7, 11) is -3.68. The highest BCUT2D eigenvalue weighted by atomic mass is 32.2. The van der Waals surface area contributed by atoms with Gasteiger partial charge in [0.15, 0.2) is 0 Å². The molecule has 0 radical (unpaired) electrons. The van der Waals surface area contributed by atoms with Crippen LogP contribution in [0.15, 0.2) is 47.4 Å². The van der Waals surface area contributed by atoms with E-state index < -0.39 is 16.0 Å². The fraction of sp³-hybridized carbons (Fsp3) is 0.375. The van der Waals surface area contributed by atoms with Gasteiger partial charge in [0.25, 0.3) is 0 Å². The predicted octanol–water partition coefficient (Wildman–Crippen LogP) is 4.64. The van der Waals surface area contributed by atoms with Crippen LogP contribution in [-0.4, -0.2) is 30.5 Å². The van der Waals surface area contributed by atoms with Crippen molar-refractivity contribution >= 4 is 26.9 Å². The molecule has 0 unspecified atom stereocenters. The highest BCUT2D eigenvalue weighted by Gasteiger charge is 2.25. The van der Waals surface area contributed by atoms with E-state index in [-0.39, 0.29) is 17.4 Å². The first-order chi connectivity index (χ1) is 14.9. The number of H-pyrrole nitrogens is 1. The Labute approximate surface area is 182 Å². The molecule has 1 fully saturated rings. The van der Waals surface area contributed by atoms with E-state index in [0.717, 1.165) is 48.6 Å². The number of aromatic amines is 1. The number of rotatable bonds is 7. The predicted molar refractivity (Wildman–Crippen MR) is 122 cm³/mol. The summed E-state index contributed by atoms with van der Waals surface area (Å²) in [6.07, 6.45) is 5.42. The van der Waals surface area contributed by atoms with Crippen molar-refractivity contribution in [3.05, 3.63) is 53.6 Å². The minimum atomic E-state index is -3.68. The Morgan fingerprint density at radius 1 is 1.13 bits per heavy atom. The molecular formula is C24H28N2O4S. The van der Waals surface area contributed by atoms with E-state index in [1.165, 1.54) is 0 Å². The van der Waals surface area contributed by atoms with Crippen LogP contribution in [-0.2, 0) is 27.7 Å². The van der Waals surface area contributed by atoms with Crippen LogP contribution in [0.5, 0.6) is 0 Å². The first kappa shape index (κ1) is 21.6. The molecule has 0 bridgehead atoms. The normalized spacial score (nSPS) is 15.4. The lowest BCUT2D eigenvalue weighted by molar-refractivity contribution is -0.136. The zero-order valence-electron chi connectivity index (χ0n) is 17.6. The molecule has 1 aliphatic rings. The van der Waals surface area contributed by atoms with Gasteiger partial charge >= 0.3 is 5.97 Å². The number of aromatic nitrogens is 1. The van der Waals surface area contributed by atoms with Crippen LogP contribution in [0.3, 0.4) is 0 Å². The van der Waals surface area contributed by atoms with E-state index in [4.69, 9.17) is 0 Å². The van der Waals surface area contributed by atoms with Crippen LogP contribution in [0.25, 0.3) is 22.2 Å². The average molecular weight is 441 g/mol. The molecule has 2 aromatic carbocycles. The minimum Gasteiger partial charge on any atom is -0.481 e. The van der Waals surface area contributed by atoms with Crippen molar-refractivity contribution in [1.82, 2.24) is 9.71 Å². The maximum absolute atomic E-state index is 13.3. The van der Waals surface area contributed by atoms with Crippen LogP contribution in [0.1, 0.15) is 50.2 Å². The number of nitrogens with one attached hydrogen (secondary N) is 2. The summed E-state index contributed by atoms with van der Waals surface area (Å²) >= 11 is 0. The van der Waals surface area contributed by atoms with Crippen molar-refractivity contribution in [2.75, 3.05) is 0 Å². The summed E-state index contributed by atoms with van der Waals surface area (Å²) in [5, 5.41) is 10.3. The van der Waals surface area contributed by atoms with Crippen LogP contribution in [0, 0.1) is 0 Å². The second-order valence-corrected chi connectivity index (χ2v) is 9.91. The first-order valence-electron chi connectivity index (χ1n) is 10.9. The van der Waals surface area contributed by atoms with Crippen molar-refractivity contribution in [2.24, 2.45) is 0 Å². The fourth-order valence-electron chi connectivity index (χ4n) is 4.54. The van der Waals surface area contributed by atoms with Crippen LogP contribution < -0.4 is 4.72 Å². The van der Waals surface area contributed by atoms with Gasteiger partial charge in [-0.15, -0.1) is 0 Å². The highest BCUT2D eigenvalue weighted by molar-refractivity contribution is 7.89. The molecule has 1 heterocycles. The van der Waals surface area contributed by atoms with Crippen molar-refractivity contribution in [3.8, 4) is 11.3 Å². The van der Waals surface area contributed by atoms with Crippen molar-refractivity contribution in [2.45, 2.75) is 62.8 Å². The number of hydrogen-bond donors (Lipinski definition) is 3. The van der Waals surface area contributed by atoms with Crippen LogP contribution in [0.2, 0.25) is 0 Å². The van der Waals surface area contributed by atoms with Gasteiger partial charge in [-0.25, -0.2) is 13.1 Å². The number of carbonyl (C=O) groups is 1. The Morgan fingerprint density at radius 3 is 2.58 bits per heavy atom. The summed E-state index contributed by atoms with van der Waals surface area (Å²) in [4.78, 5) is 15.1. The lowest BCUT2D eigenvalue weighted by Crippen LogP contribution is -2.36. The maximum Gasteiger partial charge on any atom is 0.307 e. The highest BCUT2D eigenvalue weighted by Crippen LogP contribution is 2.33. The fourth-order valence-corrected chi connectivity index (χ4v) is 6.18. The number of para-hydroxylation sites is 1. The lowest BCUT2D eigenvalue weighted by Gasteiger charge is -2.23. The zero-order chi connectivity index (χ0) is 22.0. The summed E-state index contributed by atoms with van der Waals surface area (Å²) in [6.45, 7) is 1.94. The average Bonchev–Trinajstić information content (AvgIpc) is 3.11. The Kier molecular flexibility index (Phi) is 6.16. The van der Waals surface area contributed by atoms with E-state index in [2.05, 4.69) is 9.71 Å². The van der Waals surface area contributed by atoms with Gasteiger partial charge in [0.2, 0.25) is 10.0 Å². The molecule has 0 spiro atoms. The first-order valence-corrected chi connectivity index (χ1v) is 12.3. The van der Waals surface area contributed by atoms with Gasteiger partial charge in [-0.2, -0.15) is 0 Å². The van der Waals surface area contributed by atoms with Crippen molar-refractivity contribution in [1.29, 1.82) is 0 Å². The smallest absolute Gasteiger partial charge is 0.307 e. The zero-order valence-corrected chi connectivity index (χ0v) is 18.5. The van der Waals surface area contributed by atoms with E-state index in [1.807, 2.05) is 43.3 Å². The molecule has 6 nitrogen and oxygen atoms in total. The SMILES string of the molecule is CCc1ccc(-c2[nH]c3ccccc3c2CC(=O)O)cc1S(=O)(=O)NC1CCCCC1. The third-order valence-corrected chi connectivity index (χ3v) is 7.70. The van der Waals surface area contributed by atoms with E-state index in [1.54, 1.807) is 6.07 Å². The second kappa shape index (κ2) is 8.85. The second-order valence-electron chi connectivity index (χ2n) is 8.23.